The quantitative estimate of drug-likeness (QED) is 0.627. The maximum atomic E-state index is 11.6. The molecule has 0 aliphatic carbocycles. The number of ether oxygens (including phenoxy) is 1. The Kier molecular flexibility index (Phi) is 4.70. The fraction of sp³-hybridized carbons (Fsp3) is 0.250. The maximum Gasteiger partial charge on any atom is 0.333 e. The predicted molar refractivity (Wildman–Crippen MR) is 60.8 cm³/mol. The summed E-state index contributed by atoms with van der Waals surface area (Å²) in [5.74, 6) is -2.95. The Morgan fingerprint density at radius 3 is 2.59 bits per heavy atom. The zero-order valence-electron chi connectivity index (χ0n) is 9.34. The van der Waals surface area contributed by atoms with Gasteiger partial charge in [0.1, 0.15) is 0 Å². The molecule has 5 heteroatoms. The molecule has 1 aromatic rings. The van der Waals surface area contributed by atoms with E-state index in [4.69, 9.17) is 5.26 Å². The third-order valence-electron chi connectivity index (χ3n) is 1.95. The van der Waals surface area contributed by atoms with Gasteiger partial charge in [-0.05, 0) is 19.1 Å². The average molecular weight is 232 g/mol. The molecule has 0 radical (unpaired) electrons. The van der Waals surface area contributed by atoms with Crippen LogP contribution in [-0.4, -0.2) is 18.5 Å². The lowest BCUT2D eigenvalue weighted by molar-refractivity contribution is -0.148. The summed E-state index contributed by atoms with van der Waals surface area (Å²) in [7, 11) is 0. The van der Waals surface area contributed by atoms with Gasteiger partial charge in [0.25, 0.3) is 5.91 Å². The second-order valence-corrected chi connectivity index (χ2v) is 3.17. The number of nitriles is 1. The minimum absolute atomic E-state index is 0.135. The zero-order valence-corrected chi connectivity index (χ0v) is 9.34. The van der Waals surface area contributed by atoms with Gasteiger partial charge in [-0.2, -0.15) is 5.26 Å². The monoisotopic (exact) mass is 232 g/mol. The summed E-state index contributed by atoms with van der Waals surface area (Å²) in [5, 5.41) is 11.2. The van der Waals surface area contributed by atoms with Crippen LogP contribution in [0.5, 0.6) is 0 Å². The maximum absolute atomic E-state index is 11.6. The first-order valence-electron chi connectivity index (χ1n) is 5.11. The van der Waals surface area contributed by atoms with Crippen LogP contribution in [0, 0.1) is 17.2 Å². The standard InChI is InChI=1S/C12H12N2O3/c1-2-17-12(16)10(8-13)11(15)14-9-6-4-3-5-7-9/h3-7,10H,2H2,1H3,(H,14,15)/t10-/m0/s1. The Labute approximate surface area is 99.0 Å². The molecule has 1 amide bonds. The van der Waals surface area contributed by atoms with E-state index in [1.165, 1.54) is 0 Å². The molecule has 88 valence electrons. The van der Waals surface area contributed by atoms with Crippen molar-refractivity contribution in [3.8, 4) is 6.07 Å². The summed E-state index contributed by atoms with van der Waals surface area (Å²) in [6.07, 6.45) is 0. The number of carbonyl (C=O) groups is 2. The summed E-state index contributed by atoms with van der Waals surface area (Å²) >= 11 is 0. The molecule has 5 nitrogen and oxygen atoms in total. The summed E-state index contributed by atoms with van der Waals surface area (Å²) in [4.78, 5) is 22.9. The van der Waals surface area contributed by atoms with Crippen LogP contribution in [0.4, 0.5) is 5.69 Å². The summed E-state index contributed by atoms with van der Waals surface area (Å²) < 4.78 is 4.63. The highest BCUT2D eigenvalue weighted by atomic mass is 16.5. The molecule has 1 rings (SSSR count). The van der Waals surface area contributed by atoms with Crippen molar-refractivity contribution in [1.29, 1.82) is 5.26 Å². The first-order valence-corrected chi connectivity index (χ1v) is 5.11. The lowest BCUT2D eigenvalue weighted by atomic mass is 10.1. The first-order chi connectivity index (χ1) is 8.19. The number of para-hydroxylation sites is 1. The van der Waals surface area contributed by atoms with Crippen LogP contribution in [-0.2, 0) is 14.3 Å². The van der Waals surface area contributed by atoms with E-state index in [1.807, 2.05) is 0 Å². The minimum atomic E-state index is -1.44. The molecule has 0 aliphatic rings. The molecule has 0 aromatic heterocycles. The van der Waals surface area contributed by atoms with Crippen molar-refractivity contribution in [3.05, 3.63) is 30.3 Å². The molecule has 0 heterocycles. The van der Waals surface area contributed by atoms with Gasteiger partial charge in [0.05, 0.1) is 12.7 Å². The van der Waals surface area contributed by atoms with Crippen LogP contribution in [0.15, 0.2) is 30.3 Å². The third-order valence-corrected chi connectivity index (χ3v) is 1.95. The lowest BCUT2D eigenvalue weighted by Gasteiger charge is -2.09. The van der Waals surface area contributed by atoms with Gasteiger partial charge in [0, 0.05) is 5.69 Å². The Morgan fingerprint density at radius 1 is 1.41 bits per heavy atom. The van der Waals surface area contributed by atoms with Gasteiger partial charge in [-0.25, -0.2) is 0 Å². The van der Waals surface area contributed by atoms with Gasteiger partial charge in [0.2, 0.25) is 5.92 Å². The highest BCUT2D eigenvalue weighted by Crippen LogP contribution is 2.08. The lowest BCUT2D eigenvalue weighted by Crippen LogP contribution is -2.30. The normalized spacial score (nSPS) is 11.1. The van der Waals surface area contributed by atoms with Crippen LogP contribution in [0.1, 0.15) is 6.92 Å². The van der Waals surface area contributed by atoms with Crippen LogP contribution in [0.2, 0.25) is 0 Å². The molecule has 0 saturated carbocycles. The van der Waals surface area contributed by atoms with E-state index in [1.54, 1.807) is 43.3 Å². The highest BCUT2D eigenvalue weighted by Gasteiger charge is 2.27. The van der Waals surface area contributed by atoms with Crippen molar-refractivity contribution in [2.45, 2.75) is 6.92 Å². The Bertz CT molecular complexity index is 437. The zero-order chi connectivity index (χ0) is 12.7. The average Bonchev–Trinajstić information content (AvgIpc) is 2.31. The minimum Gasteiger partial charge on any atom is -0.465 e. The van der Waals surface area contributed by atoms with Gasteiger partial charge in [0.15, 0.2) is 0 Å². The number of nitrogens with zero attached hydrogens (tertiary/aromatic N) is 1. The molecule has 1 N–H and O–H groups in total. The summed E-state index contributed by atoms with van der Waals surface area (Å²) in [6, 6.07) is 10.2. The second-order valence-electron chi connectivity index (χ2n) is 3.17. The van der Waals surface area contributed by atoms with E-state index in [0.717, 1.165) is 0 Å². The number of hydrogen-bond donors (Lipinski definition) is 1. The predicted octanol–water partition coefficient (Wildman–Crippen LogP) is 1.33. The number of benzene rings is 1. The molecule has 0 aliphatic heterocycles. The van der Waals surface area contributed by atoms with Crippen molar-refractivity contribution < 1.29 is 14.3 Å². The Hall–Kier alpha value is -2.35. The highest BCUT2D eigenvalue weighted by molar-refractivity contribution is 6.06. The molecule has 1 atom stereocenters. The topological polar surface area (TPSA) is 79.2 Å². The first kappa shape index (κ1) is 12.7. The van der Waals surface area contributed by atoms with E-state index in [9.17, 15) is 9.59 Å². The molecule has 17 heavy (non-hydrogen) atoms. The van der Waals surface area contributed by atoms with Crippen LogP contribution >= 0.6 is 0 Å². The summed E-state index contributed by atoms with van der Waals surface area (Å²) in [5.41, 5.74) is 0.530. The number of amides is 1. The Morgan fingerprint density at radius 2 is 2.06 bits per heavy atom. The van der Waals surface area contributed by atoms with Gasteiger partial charge in [-0.1, -0.05) is 18.2 Å². The van der Waals surface area contributed by atoms with E-state index in [-0.39, 0.29) is 6.61 Å². The summed E-state index contributed by atoms with van der Waals surface area (Å²) in [6.45, 7) is 1.75. The molecular weight excluding hydrogens is 220 g/mol. The number of esters is 1. The van der Waals surface area contributed by atoms with Crippen molar-refractivity contribution >= 4 is 17.6 Å². The molecule has 0 saturated heterocycles. The van der Waals surface area contributed by atoms with Crippen LogP contribution in [0.3, 0.4) is 0 Å². The van der Waals surface area contributed by atoms with Crippen LogP contribution < -0.4 is 5.32 Å². The van der Waals surface area contributed by atoms with Gasteiger partial charge < -0.3 is 10.1 Å². The fourth-order valence-electron chi connectivity index (χ4n) is 1.18. The smallest absolute Gasteiger partial charge is 0.333 e. The number of hydrogen-bond acceptors (Lipinski definition) is 4. The van der Waals surface area contributed by atoms with Crippen molar-refractivity contribution in [2.75, 3.05) is 11.9 Å². The molecule has 0 fully saturated rings. The number of carbonyl (C=O) groups excluding carboxylic acids is 2. The Balaban J connectivity index is 2.69. The van der Waals surface area contributed by atoms with Crippen molar-refractivity contribution in [1.82, 2.24) is 0 Å². The molecule has 0 bridgehead atoms. The number of anilines is 1. The largest absolute Gasteiger partial charge is 0.465 e. The molecular formula is C12H12N2O3. The van der Waals surface area contributed by atoms with Gasteiger partial charge >= 0.3 is 5.97 Å². The van der Waals surface area contributed by atoms with Gasteiger partial charge in [-0.15, -0.1) is 0 Å². The molecule has 0 unspecified atom stereocenters. The van der Waals surface area contributed by atoms with E-state index in [2.05, 4.69) is 10.1 Å². The van der Waals surface area contributed by atoms with Crippen molar-refractivity contribution in [3.63, 3.8) is 0 Å². The third kappa shape index (κ3) is 3.61. The van der Waals surface area contributed by atoms with E-state index in [0.29, 0.717) is 5.69 Å². The van der Waals surface area contributed by atoms with Crippen molar-refractivity contribution in [2.24, 2.45) is 5.92 Å². The molecule has 1 aromatic carbocycles. The second kappa shape index (κ2) is 6.28. The van der Waals surface area contributed by atoms with Crippen LogP contribution in [0.25, 0.3) is 0 Å². The van der Waals surface area contributed by atoms with E-state index >= 15 is 0 Å². The SMILES string of the molecule is CCOC(=O)[C@@H](C#N)C(=O)Nc1ccccc1. The number of rotatable bonds is 4. The van der Waals surface area contributed by atoms with E-state index < -0.39 is 17.8 Å². The number of nitrogens with one attached hydrogen (secondary N) is 1. The molecule has 0 spiro atoms. The van der Waals surface area contributed by atoms with Gasteiger partial charge in [-0.3, -0.25) is 9.59 Å². The fourth-order valence-corrected chi connectivity index (χ4v) is 1.18.